The van der Waals surface area contributed by atoms with Crippen molar-refractivity contribution in [2.45, 2.75) is 19.9 Å². The van der Waals surface area contributed by atoms with E-state index in [2.05, 4.69) is 15.9 Å². The van der Waals surface area contributed by atoms with E-state index in [1.165, 1.54) is 0 Å². The largest absolute Gasteiger partial charge is 0.480 e. The van der Waals surface area contributed by atoms with Crippen molar-refractivity contribution in [2.24, 2.45) is 5.73 Å². The van der Waals surface area contributed by atoms with E-state index >= 15 is 0 Å². The van der Waals surface area contributed by atoms with Crippen molar-refractivity contribution in [3.05, 3.63) is 33.3 Å². The van der Waals surface area contributed by atoms with Gasteiger partial charge in [0.15, 0.2) is 0 Å². The molecular weight excluding hydrogens is 246 g/mol. The zero-order valence-electron chi connectivity index (χ0n) is 8.04. The molecule has 1 aromatic carbocycles. The maximum Gasteiger partial charge on any atom is 0.325 e. The number of benzene rings is 1. The minimum Gasteiger partial charge on any atom is -0.480 e. The lowest BCUT2D eigenvalue weighted by Crippen LogP contribution is -2.20. The first kappa shape index (κ1) is 11.2. The topological polar surface area (TPSA) is 63.3 Å². The first-order valence-electron chi connectivity index (χ1n) is 4.18. The Morgan fingerprint density at radius 1 is 1.50 bits per heavy atom. The molecule has 0 radical (unpaired) electrons. The molecule has 0 heterocycles. The van der Waals surface area contributed by atoms with Crippen LogP contribution in [0.25, 0.3) is 0 Å². The number of hydrogen-bond acceptors (Lipinski definition) is 2. The van der Waals surface area contributed by atoms with Crippen LogP contribution >= 0.6 is 15.9 Å². The number of hydrogen-bond donors (Lipinski definition) is 2. The molecule has 76 valence electrons. The third-order valence-corrected chi connectivity index (χ3v) is 3.08. The molecule has 0 saturated heterocycles. The van der Waals surface area contributed by atoms with Crippen molar-refractivity contribution >= 4 is 21.9 Å². The predicted octanol–water partition coefficient (Wildman–Crippen LogP) is 2.15. The molecule has 14 heavy (non-hydrogen) atoms. The number of nitrogens with two attached hydrogens (primary N) is 1. The average Bonchev–Trinajstić information content (AvgIpc) is 2.12. The molecule has 0 aromatic heterocycles. The van der Waals surface area contributed by atoms with E-state index in [1.807, 2.05) is 13.8 Å². The van der Waals surface area contributed by atoms with Gasteiger partial charge < -0.3 is 10.8 Å². The van der Waals surface area contributed by atoms with E-state index in [1.54, 1.807) is 12.1 Å². The Bertz CT molecular complexity index is 353. The molecule has 1 atom stereocenters. The van der Waals surface area contributed by atoms with Gasteiger partial charge >= 0.3 is 5.97 Å². The Balaban J connectivity index is 3.19. The molecule has 4 heteroatoms. The number of carboxylic acid groups (broad SMARTS) is 1. The molecular formula is C10H12BrNO2. The minimum atomic E-state index is -1.01. The maximum absolute atomic E-state index is 10.7. The van der Waals surface area contributed by atoms with Crippen LogP contribution in [0.2, 0.25) is 0 Å². The summed E-state index contributed by atoms with van der Waals surface area (Å²) in [5, 5.41) is 8.75. The number of halogens is 1. The van der Waals surface area contributed by atoms with Gasteiger partial charge in [0.25, 0.3) is 0 Å². The number of aliphatic carboxylic acids is 1. The van der Waals surface area contributed by atoms with Crippen LogP contribution in [0, 0.1) is 13.8 Å². The second kappa shape index (κ2) is 4.11. The average molecular weight is 258 g/mol. The standard InChI is InChI=1S/C10H12BrNO2/c1-5-3-7(9(12)10(13)14)4-8(11)6(5)2/h3-4,9H,12H2,1-2H3,(H,13,14). The van der Waals surface area contributed by atoms with Crippen molar-refractivity contribution < 1.29 is 9.90 Å². The lowest BCUT2D eigenvalue weighted by atomic mass is 10.0. The van der Waals surface area contributed by atoms with E-state index in [9.17, 15) is 4.79 Å². The van der Waals surface area contributed by atoms with Crippen molar-refractivity contribution in [2.75, 3.05) is 0 Å². The molecule has 0 aliphatic heterocycles. The zero-order valence-corrected chi connectivity index (χ0v) is 9.63. The van der Waals surface area contributed by atoms with Gasteiger partial charge in [0.05, 0.1) is 0 Å². The lowest BCUT2D eigenvalue weighted by molar-refractivity contribution is -0.138. The first-order chi connectivity index (χ1) is 6.43. The minimum absolute atomic E-state index is 0.618. The van der Waals surface area contributed by atoms with Gasteiger partial charge in [0, 0.05) is 4.47 Å². The third kappa shape index (κ3) is 2.13. The molecule has 1 unspecified atom stereocenters. The molecule has 3 N–H and O–H groups in total. The fraction of sp³-hybridized carbons (Fsp3) is 0.300. The Hall–Kier alpha value is -0.870. The summed E-state index contributed by atoms with van der Waals surface area (Å²) in [6.45, 7) is 3.90. The van der Waals surface area contributed by atoms with E-state index in [-0.39, 0.29) is 0 Å². The Morgan fingerprint density at radius 2 is 2.07 bits per heavy atom. The number of aryl methyl sites for hydroxylation is 1. The van der Waals surface area contributed by atoms with Crippen LogP contribution in [-0.4, -0.2) is 11.1 Å². The summed E-state index contributed by atoms with van der Waals surface area (Å²) in [5.41, 5.74) is 8.26. The molecule has 0 spiro atoms. The smallest absolute Gasteiger partial charge is 0.325 e. The van der Waals surface area contributed by atoms with Crippen LogP contribution in [0.5, 0.6) is 0 Å². The Labute approximate surface area is 91.1 Å². The van der Waals surface area contributed by atoms with E-state index in [0.717, 1.165) is 15.6 Å². The molecule has 0 bridgehead atoms. The quantitative estimate of drug-likeness (QED) is 0.854. The molecule has 1 rings (SSSR count). The summed E-state index contributed by atoms with van der Waals surface area (Å²) in [6, 6.07) is 2.60. The highest BCUT2D eigenvalue weighted by Crippen LogP contribution is 2.24. The summed E-state index contributed by atoms with van der Waals surface area (Å²) in [4.78, 5) is 10.7. The summed E-state index contributed by atoms with van der Waals surface area (Å²) in [7, 11) is 0. The molecule has 0 fully saturated rings. The fourth-order valence-corrected chi connectivity index (χ4v) is 1.74. The van der Waals surface area contributed by atoms with Gasteiger partial charge in [0.1, 0.15) is 6.04 Å². The summed E-state index contributed by atoms with van der Waals surface area (Å²) in [5.74, 6) is -1.01. The van der Waals surface area contributed by atoms with Crippen LogP contribution in [0.1, 0.15) is 22.7 Å². The fourth-order valence-electron chi connectivity index (χ4n) is 1.16. The van der Waals surface area contributed by atoms with Gasteiger partial charge in [-0.25, -0.2) is 0 Å². The van der Waals surface area contributed by atoms with Crippen LogP contribution in [0.3, 0.4) is 0 Å². The lowest BCUT2D eigenvalue weighted by Gasteiger charge is -2.11. The molecule has 3 nitrogen and oxygen atoms in total. The van der Waals surface area contributed by atoms with Crippen molar-refractivity contribution in [3.8, 4) is 0 Å². The summed E-state index contributed by atoms with van der Waals surface area (Å²) < 4.78 is 0.893. The second-order valence-electron chi connectivity index (χ2n) is 3.26. The highest BCUT2D eigenvalue weighted by molar-refractivity contribution is 9.10. The van der Waals surface area contributed by atoms with Crippen molar-refractivity contribution in [3.63, 3.8) is 0 Å². The molecule has 0 saturated carbocycles. The van der Waals surface area contributed by atoms with Crippen molar-refractivity contribution in [1.82, 2.24) is 0 Å². The van der Waals surface area contributed by atoms with E-state index < -0.39 is 12.0 Å². The summed E-state index contributed by atoms with van der Waals surface area (Å²) in [6.07, 6.45) is 0. The number of carboxylic acids is 1. The first-order valence-corrected chi connectivity index (χ1v) is 4.98. The monoisotopic (exact) mass is 257 g/mol. The highest BCUT2D eigenvalue weighted by Gasteiger charge is 2.15. The SMILES string of the molecule is Cc1cc(C(N)C(=O)O)cc(Br)c1C. The summed E-state index contributed by atoms with van der Waals surface area (Å²) >= 11 is 3.37. The molecule has 0 aliphatic carbocycles. The second-order valence-corrected chi connectivity index (χ2v) is 4.11. The van der Waals surface area contributed by atoms with Crippen LogP contribution in [0.4, 0.5) is 0 Å². The number of rotatable bonds is 2. The van der Waals surface area contributed by atoms with Gasteiger partial charge in [0.2, 0.25) is 0 Å². The Kier molecular flexibility index (Phi) is 3.29. The van der Waals surface area contributed by atoms with Gasteiger partial charge in [-0.1, -0.05) is 22.0 Å². The van der Waals surface area contributed by atoms with Crippen molar-refractivity contribution in [1.29, 1.82) is 0 Å². The molecule has 0 aliphatic rings. The van der Waals surface area contributed by atoms with E-state index in [4.69, 9.17) is 10.8 Å². The molecule has 0 amide bonds. The van der Waals surface area contributed by atoms with Crippen LogP contribution in [0.15, 0.2) is 16.6 Å². The molecule has 1 aromatic rings. The van der Waals surface area contributed by atoms with Gasteiger partial charge in [-0.05, 0) is 36.6 Å². The third-order valence-electron chi connectivity index (χ3n) is 2.25. The zero-order chi connectivity index (χ0) is 10.9. The number of carbonyl (C=O) groups is 1. The Morgan fingerprint density at radius 3 is 2.50 bits per heavy atom. The van der Waals surface area contributed by atoms with Gasteiger partial charge in [-0.2, -0.15) is 0 Å². The maximum atomic E-state index is 10.7. The van der Waals surface area contributed by atoms with Gasteiger partial charge in [-0.3, -0.25) is 4.79 Å². The van der Waals surface area contributed by atoms with Crippen LogP contribution < -0.4 is 5.73 Å². The highest BCUT2D eigenvalue weighted by atomic mass is 79.9. The van der Waals surface area contributed by atoms with Crippen LogP contribution in [-0.2, 0) is 4.79 Å². The normalized spacial score (nSPS) is 12.6. The van der Waals surface area contributed by atoms with Gasteiger partial charge in [-0.15, -0.1) is 0 Å². The predicted molar refractivity (Wildman–Crippen MR) is 58.2 cm³/mol. The van der Waals surface area contributed by atoms with E-state index in [0.29, 0.717) is 5.56 Å².